The number of anilines is 1. The van der Waals surface area contributed by atoms with E-state index in [4.69, 9.17) is 5.73 Å². The zero-order valence-corrected chi connectivity index (χ0v) is 15.2. The molecule has 0 spiro atoms. The number of hydrogen-bond acceptors (Lipinski definition) is 3. The van der Waals surface area contributed by atoms with E-state index in [0.29, 0.717) is 10.2 Å². The Labute approximate surface area is 141 Å². The number of halogens is 2. The zero-order valence-electron chi connectivity index (χ0n) is 11.3. The van der Waals surface area contributed by atoms with Crippen molar-refractivity contribution in [3.8, 4) is 0 Å². The highest BCUT2D eigenvalue weighted by Gasteiger charge is 2.24. The maximum atomic E-state index is 12.6. The molecule has 0 fully saturated rings. The summed E-state index contributed by atoms with van der Waals surface area (Å²) >= 11 is 6.68. The summed E-state index contributed by atoms with van der Waals surface area (Å²) in [4.78, 5) is 0.200. The van der Waals surface area contributed by atoms with Crippen molar-refractivity contribution in [1.82, 2.24) is 4.31 Å². The molecule has 0 radical (unpaired) electrons. The maximum Gasteiger partial charge on any atom is 0.244 e. The van der Waals surface area contributed by atoms with Crippen LogP contribution in [-0.2, 0) is 16.6 Å². The molecule has 0 aliphatic carbocycles. The van der Waals surface area contributed by atoms with Crippen molar-refractivity contribution in [3.63, 3.8) is 0 Å². The summed E-state index contributed by atoms with van der Waals surface area (Å²) in [6.07, 6.45) is 0. The number of benzene rings is 2. The van der Waals surface area contributed by atoms with E-state index in [1.807, 2.05) is 24.3 Å². The lowest BCUT2D eigenvalue weighted by molar-refractivity contribution is 0.465. The second-order valence-corrected chi connectivity index (χ2v) is 8.26. The Kier molecular flexibility index (Phi) is 5.08. The van der Waals surface area contributed by atoms with Crippen molar-refractivity contribution in [3.05, 3.63) is 57.0 Å². The summed E-state index contributed by atoms with van der Waals surface area (Å²) in [6.45, 7) is 0.278. The van der Waals surface area contributed by atoms with Gasteiger partial charge in [0, 0.05) is 28.2 Å². The van der Waals surface area contributed by atoms with Crippen molar-refractivity contribution in [2.45, 2.75) is 11.4 Å². The highest BCUT2D eigenvalue weighted by atomic mass is 79.9. The molecule has 0 saturated heterocycles. The first-order chi connectivity index (χ1) is 9.82. The van der Waals surface area contributed by atoms with E-state index < -0.39 is 10.0 Å². The second kappa shape index (κ2) is 6.48. The maximum absolute atomic E-state index is 12.6. The van der Waals surface area contributed by atoms with Crippen LogP contribution in [0.4, 0.5) is 5.69 Å². The summed E-state index contributed by atoms with van der Waals surface area (Å²) < 4.78 is 27.9. The van der Waals surface area contributed by atoms with Gasteiger partial charge in [0.25, 0.3) is 0 Å². The quantitative estimate of drug-likeness (QED) is 0.749. The van der Waals surface area contributed by atoms with Gasteiger partial charge in [-0.25, -0.2) is 8.42 Å². The molecule has 2 aromatic carbocycles. The molecule has 2 N–H and O–H groups in total. The van der Waals surface area contributed by atoms with E-state index >= 15 is 0 Å². The fraction of sp³-hybridized carbons (Fsp3) is 0.143. The fourth-order valence-corrected chi connectivity index (χ4v) is 4.46. The minimum absolute atomic E-state index is 0.200. The molecule has 112 valence electrons. The Hall–Kier alpha value is -0.890. The number of rotatable bonds is 4. The fourth-order valence-electron chi connectivity index (χ4n) is 1.85. The normalized spacial score (nSPS) is 11.8. The van der Waals surface area contributed by atoms with Crippen LogP contribution in [0.15, 0.2) is 56.3 Å². The molecular weight excluding hydrogens is 420 g/mol. The third kappa shape index (κ3) is 3.66. The first-order valence-electron chi connectivity index (χ1n) is 6.07. The first kappa shape index (κ1) is 16.5. The van der Waals surface area contributed by atoms with E-state index in [-0.39, 0.29) is 11.4 Å². The molecule has 21 heavy (non-hydrogen) atoms. The van der Waals surface area contributed by atoms with E-state index in [0.717, 1.165) is 10.0 Å². The number of nitrogens with two attached hydrogens (primary N) is 1. The van der Waals surface area contributed by atoms with E-state index in [1.54, 1.807) is 19.2 Å². The Morgan fingerprint density at radius 1 is 1.10 bits per heavy atom. The molecule has 0 atom stereocenters. The minimum Gasteiger partial charge on any atom is -0.399 e. The lowest BCUT2D eigenvalue weighted by Gasteiger charge is -2.19. The SMILES string of the molecule is CN(Cc1ccccc1Br)S(=O)(=O)c1ccc(N)cc1Br. The molecule has 4 nitrogen and oxygen atoms in total. The van der Waals surface area contributed by atoms with Gasteiger partial charge in [0.05, 0.1) is 4.90 Å². The molecule has 0 aromatic heterocycles. The lowest BCUT2D eigenvalue weighted by Crippen LogP contribution is -2.27. The predicted molar refractivity (Wildman–Crippen MR) is 91.3 cm³/mol. The summed E-state index contributed by atoms with van der Waals surface area (Å²) in [5.74, 6) is 0. The van der Waals surface area contributed by atoms with Crippen LogP contribution in [0, 0.1) is 0 Å². The van der Waals surface area contributed by atoms with Gasteiger partial charge in [-0.3, -0.25) is 0 Å². The van der Waals surface area contributed by atoms with Gasteiger partial charge in [0.15, 0.2) is 0 Å². The summed E-state index contributed by atoms with van der Waals surface area (Å²) in [6, 6.07) is 12.2. The minimum atomic E-state index is -3.59. The molecule has 0 aliphatic rings. The standard InChI is InChI=1S/C14H14Br2N2O2S/c1-18(9-10-4-2-3-5-12(10)15)21(19,20)14-7-6-11(17)8-13(14)16/h2-8H,9,17H2,1H3. The Bertz CT molecular complexity index is 763. The second-order valence-electron chi connectivity index (χ2n) is 4.54. The largest absolute Gasteiger partial charge is 0.399 e. The molecule has 0 heterocycles. The van der Waals surface area contributed by atoms with E-state index in [1.165, 1.54) is 10.4 Å². The van der Waals surface area contributed by atoms with Crippen molar-refractivity contribution >= 4 is 47.6 Å². The first-order valence-corrected chi connectivity index (χ1v) is 9.10. The van der Waals surface area contributed by atoms with Crippen LogP contribution in [-0.4, -0.2) is 19.8 Å². The van der Waals surface area contributed by atoms with Crippen LogP contribution in [0.1, 0.15) is 5.56 Å². The van der Waals surface area contributed by atoms with Gasteiger partial charge in [0.2, 0.25) is 10.0 Å². The third-order valence-electron chi connectivity index (χ3n) is 3.00. The monoisotopic (exact) mass is 432 g/mol. The van der Waals surface area contributed by atoms with Gasteiger partial charge in [-0.1, -0.05) is 34.1 Å². The molecule has 0 saturated carbocycles. The highest BCUT2D eigenvalue weighted by Crippen LogP contribution is 2.28. The molecular formula is C14H14Br2N2O2S. The summed E-state index contributed by atoms with van der Waals surface area (Å²) in [7, 11) is -2.04. The molecule has 0 aliphatic heterocycles. The number of nitrogen functional groups attached to an aromatic ring is 1. The average Bonchev–Trinajstić information content (AvgIpc) is 2.40. The lowest BCUT2D eigenvalue weighted by atomic mass is 10.2. The van der Waals surface area contributed by atoms with Crippen LogP contribution >= 0.6 is 31.9 Å². The van der Waals surface area contributed by atoms with Gasteiger partial charge < -0.3 is 5.73 Å². The van der Waals surface area contributed by atoms with Crippen LogP contribution in [0.3, 0.4) is 0 Å². The van der Waals surface area contributed by atoms with Crippen molar-refractivity contribution in [2.24, 2.45) is 0 Å². The Morgan fingerprint density at radius 2 is 1.76 bits per heavy atom. The molecule has 2 aromatic rings. The van der Waals surface area contributed by atoms with E-state index in [2.05, 4.69) is 31.9 Å². The number of sulfonamides is 1. The van der Waals surface area contributed by atoms with Crippen LogP contribution < -0.4 is 5.73 Å². The highest BCUT2D eigenvalue weighted by molar-refractivity contribution is 9.10. The Balaban J connectivity index is 2.33. The molecule has 0 amide bonds. The smallest absolute Gasteiger partial charge is 0.244 e. The molecule has 2 rings (SSSR count). The van der Waals surface area contributed by atoms with Crippen molar-refractivity contribution < 1.29 is 8.42 Å². The topological polar surface area (TPSA) is 63.4 Å². The number of nitrogens with zero attached hydrogens (tertiary/aromatic N) is 1. The number of hydrogen-bond donors (Lipinski definition) is 1. The van der Waals surface area contributed by atoms with Gasteiger partial charge >= 0.3 is 0 Å². The summed E-state index contributed by atoms with van der Waals surface area (Å²) in [5, 5.41) is 0. The predicted octanol–water partition coefficient (Wildman–Crippen LogP) is 3.61. The van der Waals surface area contributed by atoms with Gasteiger partial charge in [-0.05, 0) is 45.8 Å². The van der Waals surface area contributed by atoms with Gasteiger partial charge in [-0.2, -0.15) is 4.31 Å². The molecule has 0 bridgehead atoms. The van der Waals surface area contributed by atoms with Gasteiger partial charge in [0.1, 0.15) is 0 Å². The summed E-state index contributed by atoms with van der Waals surface area (Å²) in [5.41, 5.74) is 7.05. The molecule has 7 heteroatoms. The van der Waals surface area contributed by atoms with Crippen molar-refractivity contribution in [2.75, 3.05) is 12.8 Å². The zero-order chi connectivity index (χ0) is 15.6. The third-order valence-corrected chi connectivity index (χ3v) is 6.55. The average molecular weight is 434 g/mol. The van der Waals surface area contributed by atoms with Crippen molar-refractivity contribution in [1.29, 1.82) is 0 Å². The van der Waals surface area contributed by atoms with Crippen LogP contribution in [0.5, 0.6) is 0 Å². The van der Waals surface area contributed by atoms with Crippen LogP contribution in [0.2, 0.25) is 0 Å². The Morgan fingerprint density at radius 3 is 2.38 bits per heavy atom. The van der Waals surface area contributed by atoms with Crippen LogP contribution in [0.25, 0.3) is 0 Å². The molecule has 0 unspecified atom stereocenters. The van der Waals surface area contributed by atoms with Gasteiger partial charge in [-0.15, -0.1) is 0 Å². The van der Waals surface area contributed by atoms with E-state index in [9.17, 15) is 8.42 Å².